The van der Waals surface area contributed by atoms with E-state index in [4.69, 9.17) is 5.73 Å². The molecule has 6 nitrogen and oxygen atoms in total. The highest BCUT2D eigenvalue weighted by molar-refractivity contribution is 5.81. The molecule has 0 unspecified atom stereocenters. The molecule has 0 fully saturated rings. The Morgan fingerprint density at radius 1 is 1.21 bits per heavy atom. The van der Waals surface area contributed by atoms with Crippen molar-refractivity contribution in [3.63, 3.8) is 0 Å². The highest BCUT2D eigenvalue weighted by Crippen LogP contribution is 2.05. The molecule has 0 aromatic carbocycles. The van der Waals surface area contributed by atoms with Crippen molar-refractivity contribution in [2.75, 3.05) is 0 Å². The number of carbonyl (C=O) groups excluding carboxylic acids is 3. The van der Waals surface area contributed by atoms with Gasteiger partial charge in [0, 0.05) is 19.8 Å². The maximum atomic E-state index is 11.1. The molecule has 0 heterocycles. The lowest BCUT2D eigenvalue weighted by Gasteiger charge is -2.09. The predicted octanol–water partition coefficient (Wildman–Crippen LogP) is -0.945. The molecular formula is C8H15N3O3. The van der Waals surface area contributed by atoms with Gasteiger partial charge >= 0.3 is 0 Å². The zero-order valence-corrected chi connectivity index (χ0v) is 8.29. The molecule has 0 spiro atoms. The van der Waals surface area contributed by atoms with Crippen LogP contribution < -0.4 is 16.6 Å². The van der Waals surface area contributed by atoms with E-state index in [1.807, 2.05) is 0 Å². The van der Waals surface area contributed by atoms with Gasteiger partial charge in [0.05, 0.1) is 0 Å². The third kappa shape index (κ3) is 7.08. The van der Waals surface area contributed by atoms with E-state index in [-0.39, 0.29) is 30.6 Å². The van der Waals surface area contributed by atoms with Crippen molar-refractivity contribution in [2.24, 2.45) is 11.7 Å². The van der Waals surface area contributed by atoms with Crippen LogP contribution in [0.1, 0.15) is 26.7 Å². The van der Waals surface area contributed by atoms with E-state index in [0.29, 0.717) is 0 Å². The van der Waals surface area contributed by atoms with E-state index < -0.39 is 5.91 Å². The Balaban J connectivity index is 3.71. The second kappa shape index (κ2) is 5.95. The highest BCUT2D eigenvalue weighted by Gasteiger charge is 2.11. The second-order valence-electron chi connectivity index (χ2n) is 3.21. The number of rotatable bonds is 4. The first-order valence-corrected chi connectivity index (χ1v) is 4.25. The molecule has 0 saturated carbocycles. The van der Waals surface area contributed by atoms with Crippen molar-refractivity contribution in [1.82, 2.24) is 10.9 Å². The molecule has 0 saturated heterocycles. The zero-order chi connectivity index (χ0) is 11.1. The minimum absolute atomic E-state index is 0.124. The minimum atomic E-state index is -0.440. The average molecular weight is 201 g/mol. The molecule has 0 aromatic rings. The monoisotopic (exact) mass is 201 g/mol. The first-order chi connectivity index (χ1) is 6.41. The van der Waals surface area contributed by atoms with Crippen LogP contribution in [0.25, 0.3) is 0 Å². The summed E-state index contributed by atoms with van der Waals surface area (Å²) in [4.78, 5) is 32.0. The highest BCUT2D eigenvalue weighted by atomic mass is 16.2. The van der Waals surface area contributed by atoms with Crippen LogP contribution in [0.3, 0.4) is 0 Å². The van der Waals surface area contributed by atoms with E-state index in [9.17, 15) is 14.4 Å². The lowest BCUT2D eigenvalue weighted by atomic mass is 10.0. The standard InChI is InChI=1S/C8H15N3O3/c1-5(3-7(9)13)4-8(14)11-10-6(2)12/h5H,3-4H2,1-2H3,(H2,9,13)(H,10,12)(H,11,14)/t5-/m1/s1. The Labute approximate surface area is 82.2 Å². The molecule has 0 aliphatic heterocycles. The molecule has 0 aliphatic rings. The third-order valence-corrected chi connectivity index (χ3v) is 1.46. The summed E-state index contributed by atoms with van der Waals surface area (Å²) in [5, 5.41) is 0. The smallest absolute Gasteiger partial charge is 0.238 e. The van der Waals surface area contributed by atoms with Gasteiger partial charge in [0.25, 0.3) is 0 Å². The molecular weight excluding hydrogens is 186 g/mol. The van der Waals surface area contributed by atoms with Gasteiger partial charge in [-0.3, -0.25) is 25.2 Å². The van der Waals surface area contributed by atoms with Crippen molar-refractivity contribution < 1.29 is 14.4 Å². The van der Waals surface area contributed by atoms with Crippen molar-refractivity contribution in [3.05, 3.63) is 0 Å². The SMILES string of the molecule is CC(=O)NNC(=O)C[C@H](C)CC(N)=O. The fraction of sp³-hybridized carbons (Fsp3) is 0.625. The van der Waals surface area contributed by atoms with Gasteiger partial charge in [-0.05, 0) is 5.92 Å². The van der Waals surface area contributed by atoms with Gasteiger partial charge in [-0.15, -0.1) is 0 Å². The lowest BCUT2D eigenvalue weighted by molar-refractivity contribution is -0.128. The van der Waals surface area contributed by atoms with Gasteiger partial charge in [0.15, 0.2) is 0 Å². The molecule has 14 heavy (non-hydrogen) atoms. The van der Waals surface area contributed by atoms with Gasteiger partial charge in [0.1, 0.15) is 0 Å². The number of nitrogens with one attached hydrogen (secondary N) is 2. The van der Waals surface area contributed by atoms with Crippen LogP contribution in [0.4, 0.5) is 0 Å². The summed E-state index contributed by atoms with van der Waals surface area (Å²) in [6.45, 7) is 3.02. The Bertz CT molecular complexity index is 240. The lowest BCUT2D eigenvalue weighted by Crippen LogP contribution is -2.41. The van der Waals surface area contributed by atoms with E-state index in [2.05, 4.69) is 10.9 Å². The molecule has 4 N–H and O–H groups in total. The van der Waals surface area contributed by atoms with E-state index in [0.717, 1.165) is 0 Å². The Morgan fingerprint density at radius 3 is 2.21 bits per heavy atom. The predicted molar refractivity (Wildman–Crippen MR) is 49.6 cm³/mol. The number of amides is 3. The van der Waals surface area contributed by atoms with E-state index in [1.54, 1.807) is 6.92 Å². The number of hydrogen-bond donors (Lipinski definition) is 3. The summed E-state index contributed by atoms with van der Waals surface area (Å²) in [6.07, 6.45) is 0.316. The van der Waals surface area contributed by atoms with Gasteiger partial charge in [-0.2, -0.15) is 0 Å². The Hall–Kier alpha value is -1.59. The topological polar surface area (TPSA) is 101 Å². The third-order valence-electron chi connectivity index (χ3n) is 1.46. The summed E-state index contributed by atoms with van der Waals surface area (Å²) >= 11 is 0. The van der Waals surface area contributed by atoms with E-state index >= 15 is 0 Å². The van der Waals surface area contributed by atoms with Gasteiger partial charge in [0.2, 0.25) is 17.7 Å². The normalized spacial score (nSPS) is 11.6. The second-order valence-corrected chi connectivity index (χ2v) is 3.21. The average Bonchev–Trinajstić information content (AvgIpc) is 1.98. The number of nitrogens with two attached hydrogens (primary N) is 1. The summed E-state index contributed by atoms with van der Waals surface area (Å²) in [5.41, 5.74) is 9.30. The molecule has 1 atom stereocenters. The number of hydrogen-bond acceptors (Lipinski definition) is 3. The zero-order valence-electron chi connectivity index (χ0n) is 8.29. The molecule has 0 radical (unpaired) electrons. The van der Waals surface area contributed by atoms with Crippen molar-refractivity contribution >= 4 is 17.7 Å². The van der Waals surface area contributed by atoms with Crippen LogP contribution >= 0.6 is 0 Å². The largest absolute Gasteiger partial charge is 0.370 e. The van der Waals surface area contributed by atoms with Gasteiger partial charge in [-0.25, -0.2) is 0 Å². The van der Waals surface area contributed by atoms with Crippen molar-refractivity contribution in [1.29, 1.82) is 0 Å². The molecule has 0 aromatic heterocycles. The minimum Gasteiger partial charge on any atom is -0.370 e. The number of hydrazine groups is 1. The van der Waals surface area contributed by atoms with Crippen LogP contribution in [0.2, 0.25) is 0 Å². The summed E-state index contributed by atoms with van der Waals surface area (Å²) in [7, 11) is 0. The van der Waals surface area contributed by atoms with Crippen molar-refractivity contribution in [2.45, 2.75) is 26.7 Å². The van der Waals surface area contributed by atoms with Crippen molar-refractivity contribution in [3.8, 4) is 0 Å². The maximum absolute atomic E-state index is 11.1. The first kappa shape index (κ1) is 12.4. The molecule has 80 valence electrons. The molecule has 0 aliphatic carbocycles. The maximum Gasteiger partial charge on any atom is 0.238 e. The van der Waals surface area contributed by atoms with Crippen LogP contribution in [0, 0.1) is 5.92 Å². The molecule has 6 heteroatoms. The number of carbonyl (C=O) groups is 3. The van der Waals surface area contributed by atoms with E-state index in [1.165, 1.54) is 6.92 Å². The molecule has 3 amide bonds. The molecule has 0 bridgehead atoms. The molecule has 0 rings (SSSR count). The van der Waals surface area contributed by atoms with Crippen LogP contribution in [-0.2, 0) is 14.4 Å². The fourth-order valence-electron chi connectivity index (χ4n) is 0.941. The summed E-state index contributed by atoms with van der Waals surface area (Å²) < 4.78 is 0. The van der Waals surface area contributed by atoms with Crippen LogP contribution in [0.15, 0.2) is 0 Å². The quantitative estimate of drug-likeness (QED) is 0.511. The summed E-state index contributed by atoms with van der Waals surface area (Å²) in [6, 6.07) is 0. The van der Waals surface area contributed by atoms with Gasteiger partial charge < -0.3 is 5.73 Å². The van der Waals surface area contributed by atoms with Crippen LogP contribution in [-0.4, -0.2) is 17.7 Å². The Morgan fingerprint density at radius 2 is 1.79 bits per heavy atom. The number of primary amides is 1. The first-order valence-electron chi connectivity index (χ1n) is 4.25. The summed E-state index contributed by atoms with van der Waals surface area (Å²) in [5.74, 6) is -1.25. The van der Waals surface area contributed by atoms with Gasteiger partial charge in [-0.1, -0.05) is 6.92 Å². The fourth-order valence-corrected chi connectivity index (χ4v) is 0.941. The Kier molecular flexibility index (Phi) is 5.28. The van der Waals surface area contributed by atoms with Crippen LogP contribution in [0.5, 0.6) is 0 Å².